The van der Waals surface area contributed by atoms with Gasteiger partial charge in [-0.1, -0.05) is 182 Å². The molecule has 0 saturated carbocycles. The first-order valence-electron chi connectivity index (χ1n) is 18.4. The van der Waals surface area contributed by atoms with Gasteiger partial charge in [-0.15, -0.1) is 0 Å². The lowest BCUT2D eigenvalue weighted by molar-refractivity contribution is 0.801. The van der Waals surface area contributed by atoms with E-state index in [1.54, 1.807) is 0 Å². The Morgan fingerprint density at radius 2 is 0.774 bits per heavy atom. The summed E-state index contributed by atoms with van der Waals surface area (Å²) in [6.45, 7) is 0. The lowest BCUT2D eigenvalue weighted by Gasteiger charge is -2.31. The van der Waals surface area contributed by atoms with Gasteiger partial charge in [0.2, 0.25) is 0 Å². The Morgan fingerprint density at radius 1 is 0.321 bits per heavy atom. The Hall–Kier alpha value is -6.83. The van der Waals surface area contributed by atoms with Crippen LogP contribution in [0.4, 0.5) is 0 Å². The van der Waals surface area contributed by atoms with Crippen LogP contribution in [0.2, 0.25) is 0 Å². The van der Waals surface area contributed by atoms with Gasteiger partial charge >= 0.3 is 0 Å². The number of hydrogen-bond donors (Lipinski definition) is 0. The zero-order valence-electron chi connectivity index (χ0n) is 29.0. The zero-order chi connectivity index (χ0) is 34.9. The van der Waals surface area contributed by atoms with E-state index in [0.29, 0.717) is 0 Å². The normalized spacial score (nSPS) is 13.1. The van der Waals surface area contributed by atoms with E-state index in [1.165, 1.54) is 72.0 Å². The van der Waals surface area contributed by atoms with E-state index in [4.69, 9.17) is 4.98 Å². The van der Waals surface area contributed by atoms with Gasteiger partial charge in [0, 0.05) is 11.1 Å². The molecule has 9 aromatic rings. The second kappa shape index (κ2) is 11.6. The van der Waals surface area contributed by atoms with Gasteiger partial charge in [-0.2, -0.15) is 0 Å². The third-order valence-corrected chi connectivity index (χ3v) is 11.5. The van der Waals surface area contributed by atoms with Crippen LogP contribution >= 0.6 is 0 Å². The maximum absolute atomic E-state index is 5.33. The van der Waals surface area contributed by atoms with Crippen molar-refractivity contribution in [2.24, 2.45) is 0 Å². The molecule has 246 valence electrons. The van der Waals surface area contributed by atoms with E-state index in [9.17, 15) is 0 Å². The fraction of sp³-hybridized carbons (Fsp3) is 0.0192. The molecule has 2 aliphatic carbocycles. The molecule has 1 spiro atoms. The van der Waals surface area contributed by atoms with Crippen molar-refractivity contribution in [1.29, 1.82) is 0 Å². The largest absolute Gasteiger partial charge is 0.248 e. The Morgan fingerprint density at radius 3 is 1.42 bits per heavy atom. The summed E-state index contributed by atoms with van der Waals surface area (Å²) in [7, 11) is 0. The van der Waals surface area contributed by atoms with Crippen molar-refractivity contribution in [2.75, 3.05) is 0 Å². The van der Waals surface area contributed by atoms with Crippen molar-refractivity contribution in [1.82, 2.24) is 4.98 Å². The van der Waals surface area contributed by atoms with Gasteiger partial charge in [-0.25, -0.2) is 4.98 Å². The Bertz CT molecular complexity index is 2820. The molecule has 0 aliphatic heterocycles. The monoisotopic (exact) mass is 671 g/mol. The molecule has 1 heteroatoms. The van der Waals surface area contributed by atoms with Gasteiger partial charge in [0.1, 0.15) is 0 Å². The number of nitrogens with zero attached hydrogens (tertiary/aromatic N) is 1. The summed E-state index contributed by atoms with van der Waals surface area (Å²) in [5.74, 6) is 0. The molecule has 2 aliphatic rings. The van der Waals surface area contributed by atoms with Gasteiger partial charge in [0.05, 0.1) is 16.8 Å². The standard InChI is InChI=1S/C52H33N/c1-3-15-34(16-4-1)35-27-29-37(30-28-35)49-33-39(32-48(53-49)36-17-5-2-6-18-36)44-31-38-19-7-8-20-40(38)51-50(44)43-23-11-14-26-47(43)52(51)45-24-12-9-21-41(45)42-22-10-13-25-46(42)52/h1-33H. The average Bonchev–Trinajstić information content (AvgIpc) is 3.72. The minimum Gasteiger partial charge on any atom is -0.248 e. The molecule has 0 unspecified atom stereocenters. The number of hydrogen-bond acceptors (Lipinski definition) is 1. The molecule has 0 saturated heterocycles. The molecule has 0 amide bonds. The van der Waals surface area contributed by atoms with Gasteiger partial charge < -0.3 is 0 Å². The quantitative estimate of drug-likeness (QED) is 0.181. The summed E-state index contributed by atoms with van der Waals surface area (Å²) in [6, 6.07) is 73.3. The van der Waals surface area contributed by atoms with Crippen LogP contribution in [0.1, 0.15) is 22.3 Å². The predicted molar refractivity (Wildman–Crippen MR) is 220 cm³/mol. The lowest BCUT2D eigenvalue weighted by Crippen LogP contribution is -2.26. The van der Waals surface area contributed by atoms with Crippen molar-refractivity contribution in [3.8, 4) is 67.0 Å². The minimum atomic E-state index is -0.444. The minimum absolute atomic E-state index is 0.444. The smallest absolute Gasteiger partial charge is 0.0731 e. The van der Waals surface area contributed by atoms with Crippen LogP contribution in [-0.4, -0.2) is 4.98 Å². The molecule has 8 aromatic carbocycles. The van der Waals surface area contributed by atoms with Crippen LogP contribution in [-0.2, 0) is 5.41 Å². The van der Waals surface area contributed by atoms with Gasteiger partial charge in [0.25, 0.3) is 0 Å². The topological polar surface area (TPSA) is 12.9 Å². The number of fused-ring (bicyclic) bond motifs is 12. The molecule has 0 radical (unpaired) electrons. The van der Waals surface area contributed by atoms with Crippen LogP contribution < -0.4 is 0 Å². The highest BCUT2D eigenvalue weighted by atomic mass is 14.7. The number of benzene rings is 8. The van der Waals surface area contributed by atoms with Crippen LogP contribution in [0, 0.1) is 0 Å². The molecule has 11 rings (SSSR count). The first-order valence-corrected chi connectivity index (χ1v) is 18.4. The third kappa shape index (κ3) is 4.35. The van der Waals surface area contributed by atoms with Crippen LogP contribution in [0.3, 0.4) is 0 Å². The highest BCUT2D eigenvalue weighted by molar-refractivity contribution is 6.09. The predicted octanol–water partition coefficient (Wildman–Crippen LogP) is 13.2. The fourth-order valence-electron chi connectivity index (χ4n) is 9.26. The number of pyridine rings is 1. The van der Waals surface area contributed by atoms with Crippen LogP contribution in [0.15, 0.2) is 200 Å². The van der Waals surface area contributed by atoms with E-state index in [1.807, 2.05) is 0 Å². The Balaban J connectivity index is 1.22. The molecule has 0 N–H and O–H groups in total. The molecule has 0 bridgehead atoms. The van der Waals surface area contributed by atoms with Gasteiger partial charge in [-0.05, 0) is 95.7 Å². The van der Waals surface area contributed by atoms with Gasteiger partial charge in [-0.3, -0.25) is 0 Å². The van der Waals surface area contributed by atoms with Crippen molar-refractivity contribution in [3.63, 3.8) is 0 Å². The molecule has 1 heterocycles. The molecule has 53 heavy (non-hydrogen) atoms. The second-order valence-electron chi connectivity index (χ2n) is 14.2. The van der Waals surface area contributed by atoms with E-state index in [2.05, 4.69) is 200 Å². The van der Waals surface area contributed by atoms with Crippen LogP contribution in [0.5, 0.6) is 0 Å². The SMILES string of the molecule is c1ccc(-c2ccc(-c3cc(-c4cc5ccccc5c5c4-c4ccccc4C54c5ccccc5-c5ccccc54)cc(-c4ccccc4)n3)cc2)cc1. The lowest BCUT2D eigenvalue weighted by atomic mass is 9.69. The summed E-state index contributed by atoms with van der Waals surface area (Å²) in [4.78, 5) is 5.33. The first-order chi connectivity index (χ1) is 26.3. The second-order valence-corrected chi connectivity index (χ2v) is 14.2. The maximum Gasteiger partial charge on any atom is 0.0731 e. The van der Waals surface area contributed by atoms with Crippen molar-refractivity contribution >= 4 is 10.8 Å². The summed E-state index contributed by atoms with van der Waals surface area (Å²) in [5.41, 5.74) is 19.1. The van der Waals surface area contributed by atoms with E-state index in [-0.39, 0.29) is 0 Å². The summed E-state index contributed by atoms with van der Waals surface area (Å²) in [5, 5.41) is 2.53. The van der Waals surface area contributed by atoms with Crippen LogP contribution in [0.25, 0.3) is 77.8 Å². The molecule has 1 aromatic heterocycles. The summed E-state index contributed by atoms with van der Waals surface area (Å²) < 4.78 is 0. The first kappa shape index (κ1) is 29.9. The zero-order valence-corrected chi connectivity index (χ0v) is 29.0. The average molecular weight is 672 g/mol. The molecular weight excluding hydrogens is 639 g/mol. The number of aromatic nitrogens is 1. The highest BCUT2D eigenvalue weighted by Crippen LogP contribution is 2.65. The molecule has 0 atom stereocenters. The Labute approximate surface area is 309 Å². The van der Waals surface area contributed by atoms with E-state index < -0.39 is 5.41 Å². The van der Waals surface area contributed by atoms with Crippen molar-refractivity contribution in [2.45, 2.75) is 5.41 Å². The van der Waals surface area contributed by atoms with Crippen molar-refractivity contribution < 1.29 is 0 Å². The highest BCUT2D eigenvalue weighted by Gasteiger charge is 2.52. The van der Waals surface area contributed by atoms with E-state index in [0.717, 1.165) is 28.1 Å². The van der Waals surface area contributed by atoms with Gasteiger partial charge in [0.15, 0.2) is 0 Å². The van der Waals surface area contributed by atoms with E-state index >= 15 is 0 Å². The maximum atomic E-state index is 5.33. The summed E-state index contributed by atoms with van der Waals surface area (Å²) in [6.07, 6.45) is 0. The fourth-order valence-corrected chi connectivity index (χ4v) is 9.26. The molecule has 0 fully saturated rings. The Kier molecular flexibility index (Phi) is 6.53. The third-order valence-electron chi connectivity index (χ3n) is 11.5. The number of rotatable bonds is 4. The van der Waals surface area contributed by atoms with Crippen molar-refractivity contribution in [3.05, 3.63) is 222 Å². The molecular formula is C52H33N. The summed E-state index contributed by atoms with van der Waals surface area (Å²) >= 11 is 0. The molecule has 1 nitrogen and oxygen atoms in total.